The number of nitrogens with zero attached hydrogens (tertiary/aromatic N) is 2. The highest BCUT2D eigenvalue weighted by atomic mass is 32.2. The first kappa shape index (κ1) is 23.9. The Morgan fingerprint density at radius 2 is 1.65 bits per heavy atom. The Balaban J connectivity index is 1.19. The van der Waals surface area contributed by atoms with Crippen molar-refractivity contribution in [2.45, 2.75) is 23.8 Å². The van der Waals surface area contributed by atoms with E-state index in [1.807, 2.05) is 36.4 Å². The zero-order chi connectivity index (χ0) is 24.0. The van der Waals surface area contributed by atoms with Gasteiger partial charge in [0.2, 0.25) is 10.0 Å². The molecule has 6 nitrogen and oxygen atoms in total. The average molecular weight is 480 g/mol. The van der Waals surface area contributed by atoms with Gasteiger partial charge in [-0.3, -0.25) is 0 Å². The van der Waals surface area contributed by atoms with Gasteiger partial charge in [0.15, 0.2) is 0 Å². The molecule has 4 rings (SSSR count). The third-order valence-corrected chi connectivity index (χ3v) is 7.34. The topological polar surface area (TPSA) is 82.4 Å². The number of sulfonamides is 1. The number of halogens is 1. The third kappa shape index (κ3) is 6.20. The van der Waals surface area contributed by atoms with E-state index in [1.165, 1.54) is 12.1 Å². The summed E-state index contributed by atoms with van der Waals surface area (Å²) in [5, 5.41) is 8.91. The van der Waals surface area contributed by atoms with Crippen molar-refractivity contribution >= 4 is 10.0 Å². The van der Waals surface area contributed by atoms with Crippen molar-refractivity contribution in [1.82, 2.24) is 9.62 Å². The van der Waals surface area contributed by atoms with Crippen molar-refractivity contribution in [2.24, 2.45) is 0 Å². The number of hydrogen-bond donors (Lipinski definition) is 1. The molecule has 1 N–H and O–H groups in total. The molecule has 34 heavy (non-hydrogen) atoms. The van der Waals surface area contributed by atoms with Gasteiger partial charge in [0, 0.05) is 19.1 Å². The lowest BCUT2D eigenvalue weighted by Gasteiger charge is -2.17. The Kier molecular flexibility index (Phi) is 7.58. The highest BCUT2D eigenvalue weighted by Crippen LogP contribution is 2.23. The van der Waals surface area contributed by atoms with Crippen molar-refractivity contribution in [2.75, 3.05) is 26.2 Å². The zero-order valence-corrected chi connectivity index (χ0v) is 19.5. The van der Waals surface area contributed by atoms with Crippen LogP contribution in [0.1, 0.15) is 18.4 Å². The monoisotopic (exact) mass is 479 g/mol. The first-order valence-electron chi connectivity index (χ1n) is 11.2. The highest BCUT2D eigenvalue weighted by Gasteiger charge is 2.27. The van der Waals surface area contributed by atoms with Crippen LogP contribution < -0.4 is 9.46 Å². The second-order valence-corrected chi connectivity index (χ2v) is 9.99. The van der Waals surface area contributed by atoms with Crippen molar-refractivity contribution < 1.29 is 17.5 Å². The summed E-state index contributed by atoms with van der Waals surface area (Å²) >= 11 is 0. The molecule has 0 radical (unpaired) electrons. The Bertz CT molecular complexity index is 1240. The van der Waals surface area contributed by atoms with Crippen LogP contribution in [-0.4, -0.2) is 45.6 Å². The molecule has 8 heteroatoms. The van der Waals surface area contributed by atoms with Crippen LogP contribution in [0.5, 0.6) is 5.75 Å². The van der Waals surface area contributed by atoms with E-state index in [0.29, 0.717) is 18.7 Å². The van der Waals surface area contributed by atoms with Gasteiger partial charge in [-0.25, -0.2) is 17.5 Å². The van der Waals surface area contributed by atoms with Crippen LogP contribution in [0.2, 0.25) is 0 Å². The number of nitrogens with one attached hydrogen (secondary N) is 1. The van der Waals surface area contributed by atoms with Gasteiger partial charge >= 0.3 is 0 Å². The average Bonchev–Trinajstić information content (AvgIpc) is 3.29. The zero-order valence-electron chi connectivity index (χ0n) is 18.7. The number of ether oxygens (including phenoxy) is 1. The standard InChI is InChI=1S/C26H26FN3O3S/c27-23-8-12-26(13-9-23)34(31,32)29-24-14-16-30(19-24)15-1-17-33-25-10-6-22(7-11-25)21-4-2-20(18-28)3-5-21/h2-13,24,29H,1,14-17,19H2/t24-/m1/s1. The van der Waals surface area contributed by atoms with E-state index in [1.54, 1.807) is 12.1 Å². The predicted octanol–water partition coefficient (Wildman–Crippen LogP) is 4.19. The Hall–Kier alpha value is -3.25. The van der Waals surface area contributed by atoms with Gasteiger partial charge < -0.3 is 9.64 Å². The van der Waals surface area contributed by atoms with Crippen molar-refractivity contribution in [1.29, 1.82) is 5.26 Å². The largest absolute Gasteiger partial charge is 0.494 e. The van der Waals surface area contributed by atoms with E-state index in [4.69, 9.17) is 10.00 Å². The summed E-state index contributed by atoms with van der Waals surface area (Å²) in [6.07, 6.45) is 1.56. The maximum Gasteiger partial charge on any atom is 0.240 e. The fraction of sp³-hybridized carbons (Fsp3) is 0.269. The number of benzene rings is 3. The summed E-state index contributed by atoms with van der Waals surface area (Å²) in [6.45, 7) is 2.84. The normalized spacial score (nSPS) is 16.3. The molecule has 3 aromatic carbocycles. The van der Waals surface area contributed by atoms with Gasteiger partial charge in [-0.2, -0.15) is 5.26 Å². The summed E-state index contributed by atoms with van der Waals surface area (Å²) < 4.78 is 46.6. The van der Waals surface area contributed by atoms with E-state index in [9.17, 15) is 12.8 Å². The summed E-state index contributed by atoms with van der Waals surface area (Å²) in [7, 11) is -3.65. The van der Waals surface area contributed by atoms with Crippen LogP contribution in [0.3, 0.4) is 0 Å². The first-order valence-corrected chi connectivity index (χ1v) is 12.6. The van der Waals surface area contributed by atoms with Crippen molar-refractivity contribution in [3.8, 4) is 22.9 Å². The van der Waals surface area contributed by atoms with Gasteiger partial charge in [0.05, 0.1) is 23.1 Å². The maximum atomic E-state index is 13.1. The molecular formula is C26H26FN3O3S. The molecule has 0 amide bonds. The van der Waals surface area contributed by atoms with Gasteiger partial charge in [0.25, 0.3) is 0 Å². The van der Waals surface area contributed by atoms with Crippen LogP contribution >= 0.6 is 0 Å². The fourth-order valence-corrected chi connectivity index (χ4v) is 5.25. The van der Waals surface area contributed by atoms with Crippen LogP contribution in [0.4, 0.5) is 4.39 Å². The van der Waals surface area contributed by atoms with Crippen LogP contribution in [-0.2, 0) is 10.0 Å². The molecule has 1 fully saturated rings. The summed E-state index contributed by atoms with van der Waals surface area (Å²) in [4.78, 5) is 2.29. The molecule has 1 heterocycles. The summed E-state index contributed by atoms with van der Waals surface area (Å²) in [5.41, 5.74) is 2.74. The van der Waals surface area contributed by atoms with Crippen molar-refractivity contribution in [3.05, 3.63) is 84.2 Å². The number of rotatable bonds is 9. The summed E-state index contributed by atoms with van der Waals surface area (Å²) in [6, 6.07) is 22.1. The van der Waals surface area contributed by atoms with E-state index >= 15 is 0 Å². The molecule has 1 aliphatic rings. The second-order valence-electron chi connectivity index (χ2n) is 8.28. The highest BCUT2D eigenvalue weighted by molar-refractivity contribution is 7.89. The quantitative estimate of drug-likeness (QED) is 0.466. The Morgan fingerprint density at radius 3 is 2.29 bits per heavy atom. The smallest absolute Gasteiger partial charge is 0.240 e. The van der Waals surface area contributed by atoms with Gasteiger partial charge in [-0.1, -0.05) is 24.3 Å². The van der Waals surface area contributed by atoms with Gasteiger partial charge in [-0.15, -0.1) is 0 Å². The molecule has 1 aliphatic heterocycles. The molecule has 1 saturated heterocycles. The molecule has 0 bridgehead atoms. The lowest BCUT2D eigenvalue weighted by atomic mass is 10.0. The number of nitriles is 1. The molecule has 176 valence electrons. The lowest BCUT2D eigenvalue weighted by molar-refractivity contribution is 0.261. The molecule has 0 aromatic heterocycles. The Morgan fingerprint density at radius 1 is 1.00 bits per heavy atom. The number of hydrogen-bond acceptors (Lipinski definition) is 5. The van der Waals surface area contributed by atoms with Crippen LogP contribution in [0.15, 0.2) is 77.7 Å². The number of likely N-dealkylation sites (tertiary alicyclic amines) is 1. The molecule has 0 aliphatic carbocycles. The van der Waals surface area contributed by atoms with E-state index in [-0.39, 0.29) is 10.9 Å². The minimum atomic E-state index is -3.65. The van der Waals surface area contributed by atoms with Gasteiger partial charge in [-0.05, 0) is 79.0 Å². The maximum absolute atomic E-state index is 13.1. The first-order chi connectivity index (χ1) is 16.4. The fourth-order valence-electron chi connectivity index (χ4n) is 3.99. The molecule has 0 saturated carbocycles. The van der Waals surface area contributed by atoms with E-state index < -0.39 is 15.8 Å². The molecule has 1 atom stereocenters. The van der Waals surface area contributed by atoms with Gasteiger partial charge in [0.1, 0.15) is 11.6 Å². The minimum Gasteiger partial charge on any atom is -0.494 e. The van der Waals surface area contributed by atoms with Crippen LogP contribution in [0, 0.1) is 17.1 Å². The molecule has 0 unspecified atom stereocenters. The SMILES string of the molecule is N#Cc1ccc(-c2ccc(OCCCN3CC[C@@H](NS(=O)(=O)c4ccc(F)cc4)C3)cc2)cc1. The van der Waals surface area contributed by atoms with E-state index in [2.05, 4.69) is 15.7 Å². The summed E-state index contributed by atoms with van der Waals surface area (Å²) in [5.74, 6) is 0.333. The van der Waals surface area contributed by atoms with Crippen molar-refractivity contribution in [3.63, 3.8) is 0 Å². The molecular weight excluding hydrogens is 453 g/mol. The Labute approximate surface area is 199 Å². The lowest BCUT2D eigenvalue weighted by Crippen LogP contribution is -2.37. The molecule has 3 aromatic rings. The second kappa shape index (κ2) is 10.8. The predicted molar refractivity (Wildman–Crippen MR) is 128 cm³/mol. The van der Waals surface area contributed by atoms with Crippen LogP contribution in [0.25, 0.3) is 11.1 Å². The minimum absolute atomic E-state index is 0.0750. The van der Waals surface area contributed by atoms with E-state index in [0.717, 1.165) is 54.9 Å². The third-order valence-electron chi connectivity index (χ3n) is 5.81. The molecule has 0 spiro atoms.